The first-order valence-corrected chi connectivity index (χ1v) is 7.36. The van der Waals surface area contributed by atoms with Crippen molar-refractivity contribution in [2.75, 3.05) is 30.5 Å². The SMILES string of the molecule is Nc1ncc(Sc2ccc(Cl)cc2)c(N(CO)CCO)n1. The van der Waals surface area contributed by atoms with Gasteiger partial charge in [-0.25, -0.2) is 4.98 Å². The molecule has 1 aromatic heterocycles. The Balaban J connectivity index is 2.31. The summed E-state index contributed by atoms with van der Waals surface area (Å²) in [5.74, 6) is 0.598. The normalized spacial score (nSPS) is 10.6. The number of hydrogen-bond acceptors (Lipinski definition) is 7. The summed E-state index contributed by atoms with van der Waals surface area (Å²) < 4.78 is 0. The molecular weight excluding hydrogens is 312 g/mol. The molecule has 0 unspecified atom stereocenters. The molecule has 1 aromatic carbocycles. The summed E-state index contributed by atoms with van der Waals surface area (Å²) in [4.78, 5) is 11.3. The highest BCUT2D eigenvalue weighted by molar-refractivity contribution is 7.99. The van der Waals surface area contributed by atoms with Crippen LogP contribution in [0.15, 0.2) is 40.3 Å². The Hall–Kier alpha value is -1.54. The first-order valence-electron chi connectivity index (χ1n) is 6.16. The number of benzene rings is 1. The molecule has 2 rings (SSSR count). The minimum Gasteiger partial charge on any atom is -0.395 e. The highest BCUT2D eigenvalue weighted by atomic mass is 35.5. The van der Waals surface area contributed by atoms with Gasteiger partial charge in [0, 0.05) is 22.7 Å². The standard InChI is InChI=1S/C13H15ClN4O2S/c14-9-1-3-10(4-2-9)21-11-7-16-13(15)17-12(11)18(8-20)5-6-19/h1-4,7,19-20H,5-6,8H2,(H2,15,16,17). The van der Waals surface area contributed by atoms with E-state index in [0.29, 0.717) is 10.8 Å². The van der Waals surface area contributed by atoms with E-state index < -0.39 is 0 Å². The van der Waals surface area contributed by atoms with E-state index in [-0.39, 0.29) is 25.8 Å². The lowest BCUT2D eigenvalue weighted by Crippen LogP contribution is -2.29. The lowest BCUT2D eigenvalue weighted by molar-refractivity contribution is 0.256. The number of nitrogens with zero attached hydrogens (tertiary/aromatic N) is 3. The Morgan fingerprint density at radius 2 is 1.95 bits per heavy atom. The second-order valence-corrected chi connectivity index (χ2v) is 5.65. The summed E-state index contributed by atoms with van der Waals surface area (Å²) in [5.41, 5.74) is 5.61. The lowest BCUT2D eigenvalue weighted by Gasteiger charge is -2.22. The molecule has 0 fully saturated rings. The number of aliphatic hydroxyl groups excluding tert-OH is 2. The van der Waals surface area contributed by atoms with Crippen LogP contribution in [0.5, 0.6) is 0 Å². The van der Waals surface area contributed by atoms with Gasteiger partial charge in [-0.05, 0) is 24.3 Å². The van der Waals surface area contributed by atoms with Crippen LogP contribution in [0.3, 0.4) is 0 Å². The summed E-state index contributed by atoms with van der Waals surface area (Å²) in [7, 11) is 0. The van der Waals surface area contributed by atoms with Crippen molar-refractivity contribution in [3.8, 4) is 0 Å². The minimum absolute atomic E-state index is 0.102. The van der Waals surface area contributed by atoms with Crippen molar-refractivity contribution in [2.45, 2.75) is 9.79 Å². The summed E-state index contributed by atoms with van der Waals surface area (Å²) in [6.07, 6.45) is 1.59. The molecule has 0 atom stereocenters. The molecule has 0 saturated carbocycles. The van der Waals surface area contributed by atoms with Crippen molar-refractivity contribution in [2.24, 2.45) is 0 Å². The number of nitrogens with two attached hydrogens (primary N) is 1. The van der Waals surface area contributed by atoms with Crippen molar-refractivity contribution in [1.29, 1.82) is 0 Å². The molecule has 0 saturated heterocycles. The minimum atomic E-state index is -0.273. The zero-order chi connectivity index (χ0) is 15.2. The molecule has 0 aliphatic rings. The maximum Gasteiger partial charge on any atom is 0.222 e. The summed E-state index contributed by atoms with van der Waals surface area (Å²) in [6.45, 7) is -0.123. The average Bonchev–Trinajstić information content (AvgIpc) is 2.49. The summed E-state index contributed by atoms with van der Waals surface area (Å²) in [5, 5.41) is 19.1. The molecule has 0 aliphatic carbocycles. The second-order valence-electron chi connectivity index (χ2n) is 4.10. The number of aromatic nitrogens is 2. The number of anilines is 2. The van der Waals surface area contributed by atoms with E-state index in [1.54, 1.807) is 18.3 Å². The van der Waals surface area contributed by atoms with E-state index in [9.17, 15) is 5.11 Å². The van der Waals surface area contributed by atoms with Crippen molar-refractivity contribution in [3.05, 3.63) is 35.5 Å². The van der Waals surface area contributed by atoms with Crippen LogP contribution in [0.25, 0.3) is 0 Å². The van der Waals surface area contributed by atoms with Crippen molar-refractivity contribution in [1.82, 2.24) is 9.97 Å². The van der Waals surface area contributed by atoms with Crippen LogP contribution in [0.2, 0.25) is 5.02 Å². The van der Waals surface area contributed by atoms with Crippen LogP contribution < -0.4 is 10.6 Å². The fourth-order valence-corrected chi connectivity index (χ4v) is 2.69. The van der Waals surface area contributed by atoms with Crippen LogP contribution in [0, 0.1) is 0 Å². The number of aliphatic hydroxyl groups is 2. The second kappa shape index (κ2) is 7.46. The first kappa shape index (κ1) is 15.8. The summed E-state index contributed by atoms with van der Waals surface area (Å²) in [6, 6.07) is 7.34. The number of hydrogen-bond donors (Lipinski definition) is 3. The van der Waals surface area contributed by atoms with E-state index in [4.69, 9.17) is 22.4 Å². The van der Waals surface area contributed by atoms with E-state index in [1.165, 1.54) is 16.7 Å². The third kappa shape index (κ3) is 4.21. The molecule has 0 radical (unpaired) electrons. The van der Waals surface area contributed by atoms with Gasteiger partial charge in [0.2, 0.25) is 5.95 Å². The molecule has 4 N–H and O–H groups in total. The number of rotatable bonds is 6. The van der Waals surface area contributed by atoms with Gasteiger partial charge in [0.1, 0.15) is 12.5 Å². The first-order chi connectivity index (χ1) is 10.1. The van der Waals surface area contributed by atoms with Crippen LogP contribution >= 0.6 is 23.4 Å². The van der Waals surface area contributed by atoms with Gasteiger partial charge < -0.3 is 20.8 Å². The van der Waals surface area contributed by atoms with Crippen LogP contribution in [0.1, 0.15) is 0 Å². The Morgan fingerprint density at radius 3 is 2.57 bits per heavy atom. The van der Waals surface area contributed by atoms with E-state index >= 15 is 0 Å². The number of nitrogen functional groups attached to an aromatic ring is 1. The quantitative estimate of drug-likeness (QED) is 0.694. The molecule has 1 heterocycles. The molecule has 0 amide bonds. The van der Waals surface area contributed by atoms with Gasteiger partial charge in [0.15, 0.2) is 0 Å². The van der Waals surface area contributed by atoms with E-state index in [1.807, 2.05) is 12.1 Å². The largest absolute Gasteiger partial charge is 0.395 e. The third-order valence-electron chi connectivity index (χ3n) is 2.64. The third-order valence-corrected chi connectivity index (χ3v) is 3.90. The molecule has 8 heteroatoms. The molecule has 2 aromatic rings. The maximum absolute atomic E-state index is 9.42. The van der Waals surface area contributed by atoms with Crippen LogP contribution in [-0.4, -0.2) is 40.1 Å². The summed E-state index contributed by atoms with van der Waals surface area (Å²) >= 11 is 7.29. The zero-order valence-electron chi connectivity index (χ0n) is 11.1. The predicted molar refractivity (Wildman–Crippen MR) is 83.5 cm³/mol. The van der Waals surface area contributed by atoms with Gasteiger partial charge in [0.25, 0.3) is 0 Å². The Morgan fingerprint density at radius 1 is 1.24 bits per heavy atom. The van der Waals surface area contributed by atoms with Crippen molar-refractivity contribution in [3.63, 3.8) is 0 Å². The molecule has 21 heavy (non-hydrogen) atoms. The fourth-order valence-electron chi connectivity index (χ4n) is 1.67. The highest BCUT2D eigenvalue weighted by Crippen LogP contribution is 2.34. The average molecular weight is 327 g/mol. The monoisotopic (exact) mass is 326 g/mol. The van der Waals surface area contributed by atoms with Crippen molar-refractivity contribution >= 4 is 35.1 Å². The fraction of sp³-hybridized carbons (Fsp3) is 0.231. The Labute approximate surface area is 131 Å². The zero-order valence-corrected chi connectivity index (χ0v) is 12.7. The molecule has 0 spiro atoms. The molecule has 6 nitrogen and oxygen atoms in total. The lowest BCUT2D eigenvalue weighted by atomic mass is 10.4. The molecular formula is C13H15ClN4O2S. The smallest absolute Gasteiger partial charge is 0.222 e. The Kier molecular flexibility index (Phi) is 5.63. The maximum atomic E-state index is 9.42. The van der Waals surface area contributed by atoms with Gasteiger partial charge in [0.05, 0.1) is 11.5 Å². The molecule has 0 bridgehead atoms. The van der Waals surface area contributed by atoms with Gasteiger partial charge in [-0.3, -0.25) is 0 Å². The van der Waals surface area contributed by atoms with Gasteiger partial charge in [-0.2, -0.15) is 4.98 Å². The predicted octanol–water partition coefficient (Wildman–Crippen LogP) is 1.61. The molecule has 112 valence electrons. The van der Waals surface area contributed by atoms with Gasteiger partial charge >= 0.3 is 0 Å². The van der Waals surface area contributed by atoms with Crippen molar-refractivity contribution < 1.29 is 10.2 Å². The van der Waals surface area contributed by atoms with E-state index in [0.717, 1.165) is 9.79 Å². The van der Waals surface area contributed by atoms with E-state index in [2.05, 4.69) is 9.97 Å². The topological polar surface area (TPSA) is 95.5 Å². The Bertz CT molecular complexity index is 597. The van der Waals surface area contributed by atoms with Gasteiger partial charge in [-0.15, -0.1) is 0 Å². The van der Waals surface area contributed by atoms with Crippen LogP contribution in [0.4, 0.5) is 11.8 Å². The number of halogens is 1. The molecule has 0 aliphatic heterocycles. The highest BCUT2D eigenvalue weighted by Gasteiger charge is 2.14. The van der Waals surface area contributed by atoms with Crippen LogP contribution in [-0.2, 0) is 0 Å². The van der Waals surface area contributed by atoms with Gasteiger partial charge in [-0.1, -0.05) is 23.4 Å².